The quantitative estimate of drug-likeness (QED) is 0.909. The van der Waals surface area contributed by atoms with Gasteiger partial charge in [-0.05, 0) is 30.9 Å². The van der Waals surface area contributed by atoms with Gasteiger partial charge in [0.2, 0.25) is 0 Å². The second kappa shape index (κ2) is 5.66. The summed E-state index contributed by atoms with van der Waals surface area (Å²) in [6.45, 7) is 0.451. The minimum absolute atomic E-state index is 0.374. The number of nitrogens with zero attached hydrogens (tertiary/aromatic N) is 3. The molecule has 3 N–H and O–H groups in total. The molecule has 3 rings (SSSR count). The SMILES string of the molecule is N#Cc1c(NC2CCC2)nn(Cc2ccccc2Cl)c1N. The van der Waals surface area contributed by atoms with Gasteiger partial charge in [-0.2, -0.15) is 10.4 Å². The molecule has 0 spiro atoms. The second-order valence-corrected chi connectivity index (χ2v) is 5.65. The molecule has 1 aliphatic carbocycles. The number of anilines is 2. The van der Waals surface area contributed by atoms with Gasteiger partial charge in [-0.3, -0.25) is 0 Å². The van der Waals surface area contributed by atoms with Crippen LogP contribution in [0.1, 0.15) is 30.4 Å². The van der Waals surface area contributed by atoms with Gasteiger partial charge >= 0.3 is 0 Å². The minimum atomic E-state index is 0.374. The van der Waals surface area contributed by atoms with Gasteiger partial charge in [-0.25, -0.2) is 4.68 Å². The molecule has 1 aromatic heterocycles. The Morgan fingerprint density at radius 1 is 1.43 bits per heavy atom. The number of hydrogen-bond donors (Lipinski definition) is 2. The molecule has 0 amide bonds. The highest BCUT2D eigenvalue weighted by molar-refractivity contribution is 6.31. The summed E-state index contributed by atoms with van der Waals surface area (Å²) < 4.78 is 1.63. The van der Waals surface area contributed by atoms with Crippen LogP contribution in [-0.4, -0.2) is 15.8 Å². The molecule has 5 nitrogen and oxygen atoms in total. The van der Waals surface area contributed by atoms with Crippen LogP contribution in [0.2, 0.25) is 5.02 Å². The Morgan fingerprint density at radius 3 is 2.81 bits per heavy atom. The van der Waals surface area contributed by atoms with Crippen molar-refractivity contribution in [2.75, 3.05) is 11.1 Å². The zero-order chi connectivity index (χ0) is 14.8. The van der Waals surface area contributed by atoms with Gasteiger partial charge in [0, 0.05) is 11.1 Å². The Balaban J connectivity index is 1.88. The first-order valence-electron chi connectivity index (χ1n) is 6.95. The van der Waals surface area contributed by atoms with Crippen molar-refractivity contribution >= 4 is 23.2 Å². The molecule has 0 radical (unpaired) electrons. The van der Waals surface area contributed by atoms with E-state index in [1.165, 1.54) is 6.42 Å². The van der Waals surface area contributed by atoms with Crippen LogP contribution in [0.25, 0.3) is 0 Å². The largest absolute Gasteiger partial charge is 0.383 e. The second-order valence-electron chi connectivity index (χ2n) is 5.24. The lowest BCUT2D eigenvalue weighted by atomic mass is 9.93. The van der Waals surface area contributed by atoms with E-state index in [2.05, 4.69) is 16.5 Å². The summed E-state index contributed by atoms with van der Waals surface area (Å²) in [4.78, 5) is 0. The third-order valence-electron chi connectivity index (χ3n) is 3.83. The zero-order valence-corrected chi connectivity index (χ0v) is 12.3. The summed E-state index contributed by atoms with van der Waals surface area (Å²) in [7, 11) is 0. The number of benzene rings is 1. The molecular weight excluding hydrogens is 286 g/mol. The maximum absolute atomic E-state index is 9.29. The van der Waals surface area contributed by atoms with Crippen LogP contribution in [0.4, 0.5) is 11.6 Å². The third-order valence-corrected chi connectivity index (χ3v) is 4.20. The van der Waals surface area contributed by atoms with Gasteiger partial charge in [-0.15, -0.1) is 0 Å². The molecule has 1 fully saturated rings. The minimum Gasteiger partial charge on any atom is -0.383 e. The van der Waals surface area contributed by atoms with Crippen LogP contribution < -0.4 is 11.1 Å². The Labute approximate surface area is 128 Å². The zero-order valence-electron chi connectivity index (χ0n) is 11.5. The number of nitrogens with one attached hydrogen (secondary N) is 1. The number of nitriles is 1. The fourth-order valence-corrected chi connectivity index (χ4v) is 2.54. The lowest BCUT2D eigenvalue weighted by molar-refractivity contribution is 0.443. The van der Waals surface area contributed by atoms with E-state index in [1.54, 1.807) is 4.68 Å². The molecule has 1 aromatic carbocycles. The molecule has 0 bridgehead atoms. The molecule has 6 heteroatoms. The van der Waals surface area contributed by atoms with Crippen LogP contribution >= 0.6 is 11.6 Å². The Hall–Kier alpha value is -2.19. The average molecular weight is 302 g/mol. The summed E-state index contributed by atoms with van der Waals surface area (Å²) in [6.07, 6.45) is 3.44. The lowest BCUT2D eigenvalue weighted by Crippen LogP contribution is -2.27. The van der Waals surface area contributed by atoms with Crippen LogP contribution in [-0.2, 0) is 6.54 Å². The number of hydrogen-bond acceptors (Lipinski definition) is 4. The van der Waals surface area contributed by atoms with E-state index < -0.39 is 0 Å². The molecule has 21 heavy (non-hydrogen) atoms. The van der Waals surface area contributed by atoms with Crippen molar-refractivity contribution in [2.24, 2.45) is 0 Å². The summed E-state index contributed by atoms with van der Waals surface area (Å²) in [6, 6.07) is 10.1. The van der Waals surface area contributed by atoms with Crippen molar-refractivity contribution in [3.8, 4) is 6.07 Å². The Kier molecular flexibility index (Phi) is 3.72. The van der Waals surface area contributed by atoms with E-state index in [9.17, 15) is 5.26 Å². The van der Waals surface area contributed by atoms with E-state index in [0.29, 0.717) is 34.8 Å². The molecule has 108 valence electrons. The van der Waals surface area contributed by atoms with E-state index >= 15 is 0 Å². The molecule has 1 saturated carbocycles. The highest BCUT2D eigenvalue weighted by atomic mass is 35.5. The van der Waals surface area contributed by atoms with Crippen LogP contribution in [0.5, 0.6) is 0 Å². The standard InChI is InChI=1S/C15H16ClN5/c16-13-7-2-1-4-10(13)9-21-14(18)12(8-17)15(20-21)19-11-5-3-6-11/h1-2,4,7,11H,3,5-6,9,18H2,(H,19,20). The van der Waals surface area contributed by atoms with E-state index in [1.807, 2.05) is 24.3 Å². The van der Waals surface area contributed by atoms with Gasteiger partial charge in [0.15, 0.2) is 5.82 Å². The van der Waals surface area contributed by atoms with Gasteiger partial charge in [0.05, 0.1) is 6.54 Å². The van der Waals surface area contributed by atoms with Crippen LogP contribution in [0.15, 0.2) is 24.3 Å². The fraction of sp³-hybridized carbons (Fsp3) is 0.333. The topological polar surface area (TPSA) is 79.7 Å². The van der Waals surface area contributed by atoms with Gasteiger partial charge < -0.3 is 11.1 Å². The predicted octanol–water partition coefficient (Wildman–Crippen LogP) is 3.00. The monoisotopic (exact) mass is 301 g/mol. The fourth-order valence-electron chi connectivity index (χ4n) is 2.34. The van der Waals surface area contributed by atoms with Crippen molar-refractivity contribution in [3.05, 3.63) is 40.4 Å². The summed E-state index contributed by atoms with van der Waals surface area (Å²) >= 11 is 6.16. The Bertz CT molecular complexity index is 697. The first-order chi connectivity index (χ1) is 10.2. The van der Waals surface area contributed by atoms with Crippen LogP contribution in [0, 0.1) is 11.3 Å². The molecule has 1 aliphatic rings. The molecule has 0 atom stereocenters. The summed E-state index contributed by atoms with van der Waals surface area (Å²) in [5.74, 6) is 0.950. The maximum Gasteiger partial charge on any atom is 0.168 e. The highest BCUT2D eigenvalue weighted by Gasteiger charge is 2.22. The molecule has 2 aromatic rings. The first kappa shape index (κ1) is 13.8. The number of aromatic nitrogens is 2. The van der Waals surface area contributed by atoms with Crippen molar-refractivity contribution in [2.45, 2.75) is 31.8 Å². The highest BCUT2D eigenvalue weighted by Crippen LogP contribution is 2.28. The first-order valence-corrected chi connectivity index (χ1v) is 7.33. The van der Waals surface area contributed by atoms with E-state index in [4.69, 9.17) is 17.3 Å². The maximum atomic E-state index is 9.29. The summed E-state index contributed by atoms with van der Waals surface area (Å²) in [5, 5.41) is 17.7. The smallest absolute Gasteiger partial charge is 0.168 e. The van der Waals surface area contributed by atoms with Crippen molar-refractivity contribution in [1.29, 1.82) is 5.26 Å². The molecule has 0 saturated heterocycles. The number of rotatable bonds is 4. The molecular formula is C15H16ClN5. The lowest BCUT2D eigenvalue weighted by Gasteiger charge is -2.26. The molecule has 1 heterocycles. The summed E-state index contributed by atoms with van der Waals surface area (Å²) in [5.41, 5.74) is 7.38. The number of nitrogens with two attached hydrogens (primary N) is 1. The molecule has 0 aliphatic heterocycles. The number of nitrogen functional groups attached to an aromatic ring is 1. The Morgan fingerprint density at radius 2 is 2.19 bits per heavy atom. The normalized spacial score (nSPS) is 14.5. The van der Waals surface area contributed by atoms with E-state index in [0.717, 1.165) is 18.4 Å². The van der Waals surface area contributed by atoms with Crippen molar-refractivity contribution in [3.63, 3.8) is 0 Å². The molecule has 0 unspecified atom stereocenters. The van der Waals surface area contributed by atoms with Crippen molar-refractivity contribution in [1.82, 2.24) is 9.78 Å². The third kappa shape index (κ3) is 2.67. The van der Waals surface area contributed by atoms with Gasteiger partial charge in [-0.1, -0.05) is 29.8 Å². The van der Waals surface area contributed by atoms with E-state index in [-0.39, 0.29) is 0 Å². The van der Waals surface area contributed by atoms with Crippen LogP contribution in [0.3, 0.4) is 0 Å². The predicted molar refractivity (Wildman–Crippen MR) is 83.2 cm³/mol. The number of halogens is 1. The average Bonchev–Trinajstić information content (AvgIpc) is 2.72. The van der Waals surface area contributed by atoms with Crippen molar-refractivity contribution < 1.29 is 0 Å². The van der Waals surface area contributed by atoms with Gasteiger partial charge in [0.1, 0.15) is 17.5 Å². The van der Waals surface area contributed by atoms with Gasteiger partial charge in [0.25, 0.3) is 0 Å².